The normalized spacial score (nSPS) is 10.7. The van der Waals surface area contributed by atoms with Crippen LogP contribution in [0, 0.1) is 12.7 Å². The molecule has 0 aliphatic carbocycles. The smallest absolute Gasteiger partial charge is 0.123 e. The molecule has 0 radical (unpaired) electrons. The van der Waals surface area contributed by atoms with E-state index < -0.39 is 0 Å². The number of anilines is 2. The molecule has 4 heteroatoms. The van der Waals surface area contributed by atoms with E-state index in [9.17, 15) is 4.39 Å². The minimum atomic E-state index is -0.250. The van der Waals surface area contributed by atoms with Crippen LogP contribution in [-0.2, 0) is 0 Å². The average molecular weight is 296 g/mol. The Balaban J connectivity index is 2.05. The highest BCUT2D eigenvalue weighted by Gasteiger charge is 2.06. The third-order valence-corrected chi connectivity index (χ3v) is 3.34. The largest absolute Gasteiger partial charge is 0.494 e. The fraction of sp³-hybridized carbons (Fsp3) is 0.167. The van der Waals surface area contributed by atoms with E-state index in [1.807, 2.05) is 38.1 Å². The summed E-state index contributed by atoms with van der Waals surface area (Å²) < 4.78 is 18.6. The van der Waals surface area contributed by atoms with Crippen molar-refractivity contribution >= 4 is 22.3 Å². The van der Waals surface area contributed by atoms with Crippen LogP contribution in [0.25, 0.3) is 10.9 Å². The second-order valence-corrected chi connectivity index (χ2v) is 5.06. The first-order valence-electron chi connectivity index (χ1n) is 7.22. The van der Waals surface area contributed by atoms with Crippen molar-refractivity contribution in [3.8, 4) is 5.75 Å². The maximum Gasteiger partial charge on any atom is 0.123 e. The summed E-state index contributed by atoms with van der Waals surface area (Å²) in [5.74, 6) is 0.558. The number of rotatable bonds is 4. The van der Waals surface area contributed by atoms with Gasteiger partial charge in [-0.25, -0.2) is 4.39 Å². The molecule has 0 spiro atoms. The van der Waals surface area contributed by atoms with Crippen LogP contribution in [0.2, 0.25) is 0 Å². The number of nitrogens with one attached hydrogen (secondary N) is 1. The molecule has 0 fully saturated rings. The second-order valence-electron chi connectivity index (χ2n) is 5.06. The Morgan fingerprint density at radius 1 is 1.09 bits per heavy atom. The van der Waals surface area contributed by atoms with Crippen molar-refractivity contribution < 1.29 is 9.13 Å². The molecule has 0 aliphatic rings. The van der Waals surface area contributed by atoms with Gasteiger partial charge in [-0.15, -0.1) is 0 Å². The number of benzene rings is 2. The molecule has 22 heavy (non-hydrogen) atoms. The fourth-order valence-electron chi connectivity index (χ4n) is 2.39. The molecule has 0 atom stereocenters. The molecule has 0 aliphatic heterocycles. The van der Waals surface area contributed by atoms with Crippen LogP contribution in [0.1, 0.15) is 12.6 Å². The van der Waals surface area contributed by atoms with Crippen LogP contribution < -0.4 is 10.1 Å². The first-order chi connectivity index (χ1) is 10.7. The van der Waals surface area contributed by atoms with Crippen molar-refractivity contribution in [2.24, 2.45) is 0 Å². The Kier molecular flexibility index (Phi) is 3.92. The van der Waals surface area contributed by atoms with E-state index in [0.717, 1.165) is 33.7 Å². The molecular weight excluding hydrogens is 279 g/mol. The van der Waals surface area contributed by atoms with E-state index in [0.29, 0.717) is 6.61 Å². The summed E-state index contributed by atoms with van der Waals surface area (Å²) >= 11 is 0. The van der Waals surface area contributed by atoms with Crippen LogP contribution in [0.5, 0.6) is 5.75 Å². The Morgan fingerprint density at radius 3 is 2.59 bits per heavy atom. The third kappa shape index (κ3) is 3.01. The van der Waals surface area contributed by atoms with Gasteiger partial charge in [0.25, 0.3) is 0 Å². The number of aryl methyl sites for hydroxylation is 1. The van der Waals surface area contributed by atoms with Gasteiger partial charge in [0.05, 0.1) is 12.1 Å². The molecule has 112 valence electrons. The molecule has 0 unspecified atom stereocenters. The number of hydrogen-bond donors (Lipinski definition) is 1. The van der Waals surface area contributed by atoms with Crippen LogP contribution in [0.3, 0.4) is 0 Å². The summed E-state index contributed by atoms with van der Waals surface area (Å²) in [4.78, 5) is 4.54. The second kappa shape index (κ2) is 6.02. The number of hydrogen-bond acceptors (Lipinski definition) is 3. The van der Waals surface area contributed by atoms with Gasteiger partial charge in [0.1, 0.15) is 11.6 Å². The van der Waals surface area contributed by atoms with Crippen molar-refractivity contribution in [2.75, 3.05) is 11.9 Å². The summed E-state index contributed by atoms with van der Waals surface area (Å²) in [5.41, 5.74) is 3.57. The highest BCUT2D eigenvalue weighted by atomic mass is 19.1. The topological polar surface area (TPSA) is 34.1 Å². The number of nitrogens with zero attached hydrogens (tertiary/aromatic N) is 1. The zero-order valence-electron chi connectivity index (χ0n) is 12.6. The molecule has 1 N–H and O–H groups in total. The molecule has 1 heterocycles. The van der Waals surface area contributed by atoms with Crippen LogP contribution >= 0.6 is 0 Å². The molecule has 3 nitrogen and oxygen atoms in total. The number of ether oxygens (including phenoxy) is 1. The minimum Gasteiger partial charge on any atom is -0.494 e. The van der Waals surface area contributed by atoms with E-state index >= 15 is 0 Å². The number of aromatic nitrogens is 1. The van der Waals surface area contributed by atoms with E-state index in [-0.39, 0.29) is 5.82 Å². The lowest BCUT2D eigenvalue weighted by molar-refractivity contribution is 0.340. The predicted molar refractivity (Wildman–Crippen MR) is 87.3 cm³/mol. The van der Waals surface area contributed by atoms with E-state index in [4.69, 9.17) is 4.74 Å². The maximum atomic E-state index is 13.0. The first-order valence-corrected chi connectivity index (χ1v) is 7.22. The van der Waals surface area contributed by atoms with Crippen molar-refractivity contribution in [3.63, 3.8) is 0 Å². The molecule has 3 rings (SSSR count). The van der Waals surface area contributed by atoms with Gasteiger partial charge in [-0.3, -0.25) is 4.98 Å². The van der Waals surface area contributed by atoms with Gasteiger partial charge in [-0.2, -0.15) is 0 Å². The minimum absolute atomic E-state index is 0.250. The quantitative estimate of drug-likeness (QED) is 0.749. The van der Waals surface area contributed by atoms with Gasteiger partial charge in [-0.05, 0) is 62.4 Å². The van der Waals surface area contributed by atoms with Gasteiger partial charge in [0.15, 0.2) is 0 Å². The van der Waals surface area contributed by atoms with E-state index in [1.165, 1.54) is 12.1 Å². The summed E-state index contributed by atoms with van der Waals surface area (Å²) in [5, 5.41) is 4.30. The summed E-state index contributed by atoms with van der Waals surface area (Å²) in [7, 11) is 0. The average Bonchev–Trinajstić information content (AvgIpc) is 2.50. The highest BCUT2D eigenvalue weighted by molar-refractivity contribution is 5.94. The lowest BCUT2D eigenvalue weighted by Gasteiger charge is -2.12. The predicted octanol–water partition coefficient (Wildman–Crippen LogP) is 4.82. The zero-order chi connectivity index (χ0) is 15.5. The van der Waals surface area contributed by atoms with Gasteiger partial charge in [0.2, 0.25) is 0 Å². The van der Waals surface area contributed by atoms with E-state index in [1.54, 1.807) is 12.1 Å². The number of halogens is 1. The Bertz CT molecular complexity index is 800. The molecule has 3 aromatic rings. The van der Waals surface area contributed by atoms with Gasteiger partial charge >= 0.3 is 0 Å². The SMILES string of the molecule is CCOc1ccc2nc(C)cc(Nc3ccc(F)cc3)c2c1. The van der Waals surface area contributed by atoms with Gasteiger partial charge in [-0.1, -0.05) is 0 Å². The van der Waals surface area contributed by atoms with Crippen molar-refractivity contribution in [2.45, 2.75) is 13.8 Å². The standard InChI is InChI=1S/C18H17FN2O/c1-3-22-15-8-9-17-16(11-15)18(10-12(2)20-17)21-14-6-4-13(19)5-7-14/h4-11H,3H2,1-2H3,(H,20,21). The van der Waals surface area contributed by atoms with Crippen LogP contribution in [0.15, 0.2) is 48.5 Å². The molecule has 1 aromatic heterocycles. The summed E-state index contributed by atoms with van der Waals surface area (Å²) in [6.45, 7) is 4.52. The van der Waals surface area contributed by atoms with Gasteiger partial charge in [0, 0.05) is 22.5 Å². The number of fused-ring (bicyclic) bond motifs is 1. The van der Waals surface area contributed by atoms with Crippen LogP contribution in [-0.4, -0.2) is 11.6 Å². The van der Waals surface area contributed by atoms with Gasteiger partial charge < -0.3 is 10.1 Å². The number of pyridine rings is 1. The maximum absolute atomic E-state index is 13.0. The summed E-state index contributed by atoms with van der Waals surface area (Å²) in [6, 6.07) is 14.1. The fourth-order valence-corrected chi connectivity index (χ4v) is 2.39. The molecule has 0 saturated carbocycles. The lowest BCUT2D eigenvalue weighted by atomic mass is 10.1. The molecule has 0 bridgehead atoms. The van der Waals surface area contributed by atoms with Crippen molar-refractivity contribution in [1.29, 1.82) is 0 Å². The Labute approximate surface area is 128 Å². The van der Waals surface area contributed by atoms with Crippen molar-refractivity contribution in [1.82, 2.24) is 4.98 Å². The lowest BCUT2D eigenvalue weighted by Crippen LogP contribution is -1.96. The third-order valence-electron chi connectivity index (χ3n) is 3.34. The van der Waals surface area contributed by atoms with E-state index in [2.05, 4.69) is 10.3 Å². The molecule has 2 aromatic carbocycles. The first kappa shape index (κ1) is 14.3. The zero-order valence-corrected chi connectivity index (χ0v) is 12.6. The monoisotopic (exact) mass is 296 g/mol. The van der Waals surface area contributed by atoms with Crippen molar-refractivity contribution in [3.05, 3.63) is 60.0 Å². The summed E-state index contributed by atoms with van der Waals surface area (Å²) in [6.07, 6.45) is 0. The molecule has 0 saturated heterocycles. The molecule has 0 amide bonds. The molecular formula is C18H17FN2O. The Hall–Kier alpha value is -2.62. The van der Waals surface area contributed by atoms with Crippen LogP contribution in [0.4, 0.5) is 15.8 Å². The highest BCUT2D eigenvalue weighted by Crippen LogP contribution is 2.29. The Morgan fingerprint density at radius 2 is 1.86 bits per heavy atom.